The molecule has 1 unspecified atom stereocenters. The fraction of sp³-hybridized carbons (Fsp3) is 0.409. The third-order valence-corrected chi connectivity index (χ3v) is 6.67. The molecule has 0 saturated carbocycles. The predicted molar refractivity (Wildman–Crippen MR) is 117 cm³/mol. The van der Waals surface area contributed by atoms with Gasteiger partial charge in [0.1, 0.15) is 0 Å². The van der Waals surface area contributed by atoms with Gasteiger partial charge in [-0.15, -0.1) is 0 Å². The van der Waals surface area contributed by atoms with E-state index in [-0.39, 0.29) is 16.8 Å². The lowest BCUT2D eigenvalue weighted by Gasteiger charge is -2.35. The molecule has 1 atom stereocenters. The second kappa shape index (κ2) is 9.70. The number of carbonyl (C=O) groups excluding carboxylic acids is 1. The Morgan fingerprint density at radius 3 is 2.13 bits per heavy atom. The van der Waals surface area contributed by atoms with Gasteiger partial charge in [0.2, 0.25) is 15.9 Å². The Morgan fingerprint density at radius 1 is 1.00 bits per heavy atom. The Labute approximate surface area is 179 Å². The van der Waals surface area contributed by atoms with Crippen molar-refractivity contribution in [3.63, 3.8) is 0 Å². The van der Waals surface area contributed by atoms with E-state index >= 15 is 0 Å². The van der Waals surface area contributed by atoms with Gasteiger partial charge in [-0.3, -0.25) is 14.6 Å². The first-order valence-electron chi connectivity index (χ1n) is 10.1. The smallest absolute Gasteiger partial charge is 0.238 e. The molecule has 1 amide bonds. The maximum absolute atomic E-state index is 12.8. The fourth-order valence-corrected chi connectivity index (χ4v) is 4.14. The van der Waals surface area contributed by atoms with Crippen molar-refractivity contribution in [3.8, 4) is 0 Å². The highest BCUT2D eigenvalue weighted by atomic mass is 32.2. The number of benzene rings is 2. The number of hydrogen-bond acceptors (Lipinski definition) is 5. The standard InChI is InChI=1S/C22H30N4O3S/c1-18(20-8-10-21(11-9-20)30(23,28)29)24(2)22(27)17-26-14-12-25(13-15-26)16-19-6-4-3-5-7-19/h3-11,18H,12-17H2,1-2H3,(H2,23,28,29). The van der Waals surface area contributed by atoms with Crippen molar-refractivity contribution in [2.24, 2.45) is 5.14 Å². The number of nitrogens with two attached hydrogens (primary N) is 1. The van der Waals surface area contributed by atoms with Crippen LogP contribution < -0.4 is 5.14 Å². The number of rotatable bonds is 7. The number of sulfonamides is 1. The van der Waals surface area contributed by atoms with Crippen molar-refractivity contribution < 1.29 is 13.2 Å². The average molecular weight is 431 g/mol. The van der Waals surface area contributed by atoms with Crippen molar-refractivity contribution in [2.45, 2.75) is 24.4 Å². The second-order valence-corrected chi connectivity index (χ2v) is 9.39. The van der Waals surface area contributed by atoms with Crippen LogP contribution in [0.2, 0.25) is 0 Å². The van der Waals surface area contributed by atoms with Crippen LogP contribution in [0.5, 0.6) is 0 Å². The van der Waals surface area contributed by atoms with Crippen LogP contribution >= 0.6 is 0 Å². The van der Waals surface area contributed by atoms with Crippen molar-refractivity contribution in [3.05, 3.63) is 65.7 Å². The highest BCUT2D eigenvalue weighted by molar-refractivity contribution is 7.89. The minimum absolute atomic E-state index is 0.0505. The summed E-state index contributed by atoms with van der Waals surface area (Å²) in [4.78, 5) is 19.2. The van der Waals surface area contributed by atoms with Gasteiger partial charge in [-0.05, 0) is 30.2 Å². The summed E-state index contributed by atoms with van der Waals surface area (Å²) in [5, 5.41) is 5.15. The fourth-order valence-electron chi connectivity index (χ4n) is 3.63. The van der Waals surface area contributed by atoms with Crippen LogP contribution in [-0.4, -0.2) is 68.8 Å². The number of hydrogen-bond donors (Lipinski definition) is 1. The predicted octanol–water partition coefficient (Wildman–Crippen LogP) is 1.67. The van der Waals surface area contributed by atoms with Crippen LogP contribution in [0.3, 0.4) is 0 Å². The van der Waals surface area contributed by atoms with Gasteiger partial charge in [-0.2, -0.15) is 0 Å². The number of primary sulfonamides is 1. The monoisotopic (exact) mass is 430 g/mol. The van der Waals surface area contributed by atoms with Crippen molar-refractivity contribution in [2.75, 3.05) is 39.8 Å². The summed E-state index contributed by atoms with van der Waals surface area (Å²) in [7, 11) is -1.93. The van der Waals surface area contributed by atoms with Gasteiger partial charge in [0.25, 0.3) is 0 Å². The Bertz CT molecular complexity index is 940. The third-order valence-electron chi connectivity index (χ3n) is 5.74. The van der Waals surface area contributed by atoms with Crippen molar-refractivity contribution in [1.29, 1.82) is 0 Å². The molecule has 0 aromatic heterocycles. The SMILES string of the molecule is CC(c1ccc(S(N)(=O)=O)cc1)N(C)C(=O)CN1CCN(Cc2ccccc2)CC1. The summed E-state index contributed by atoms with van der Waals surface area (Å²) in [6.45, 7) is 6.87. The Kier molecular flexibility index (Phi) is 7.25. The van der Waals surface area contributed by atoms with Crippen molar-refractivity contribution in [1.82, 2.24) is 14.7 Å². The number of amides is 1. The lowest BCUT2D eigenvalue weighted by Crippen LogP contribution is -2.49. The zero-order chi connectivity index (χ0) is 21.7. The summed E-state index contributed by atoms with van der Waals surface area (Å²) in [6, 6.07) is 16.6. The van der Waals surface area contributed by atoms with E-state index in [2.05, 4.69) is 34.1 Å². The highest BCUT2D eigenvalue weighted by Crippen LogP contribution is 2.21. The molecule has 7 nitrogen and oxygen atoms in total. The number of piperazine rings is 1. The van der Waals surface area contributed by atoms with Gasteiger partial charge in [-0.25, -0.2) is 13.6 Å². The summed E-state index contributed by atoms with van der Waals surface area (Å²) in [6.07, 6.45) is 0. The maximum atomic E-state index is 12.8. The van der Waals surface area contributed by atoms with E-state index in [1.165, 1.54) is 17.7 Å². The van der Waals surface area contributed by atoms with Gasteiger partial charge in [0.15, 0.2) is 0 Å². The van der Waals surface area contributed by atoms with Crippen LogP contribution in [0.1, 0.15) is 24.1 Å². The number of carbonyl (C=O) groups is 1. The molecule has 1 aliphatic heterocycles. The third kappa shape index (κ3) is 5.89. The molecule has 0 radical (unpaired) electrons. The molecule has 1 saturated heterocycles. The van der Waals surface area contributed by atoms with E-state index in [1.54, 1.807) is 24.1 Å². The molecule has 0 spiro atoms. The topological polar surface area (TPSA) is 86.9 Å². The van der Waals surface area contributed by atoms with E-state index in [0.29, 0.717) is 6.54 Å². The molecule has 30 heavy (non-hydrogen) atoms. The molecule has 2 aromatic rings. The molecule has 2 aromatic carbocycles. The van der Waals surface area contributed by atoms with Gasteiger partial charge in [0, 0.05) is 39.8 Å². The van der Waals surface area contributed by atoms with E-state index in [4.69, 9.17) is 5.14 Å². The van der Waals surface area contributed by atoms with E-state index in [9.17, 15) is 13.2 Å². The van der Waals surface area contributed by atoms with Crippen LogP contribution in [0.15, 0.2) is 59.5 Å². The maximum Gasteiger partial charge on any atom is 0.238 e. The first kappa shape index (κ1) is 22.4. The first-order valence-corrected chi connectivity index (χ1v) is 11.7. The zero-order valence-corrected chi connectivity index (χ0v) is 18.4. The minimum Gasteiger partial charge on any atom is -0.338 e. The molecule has 2 N–H and O–H groups in total. The second-order valence-electron chi connectivity index (χ2n) is 7.83. The molecule has 162 valence electrons. The molecular formula is C22H30N4O3S. The molecule has 1 heterocycles. The Morgan fingerprint density at radius 2 is 1.57 bits per heavy atom. The molecule has 8 heteroatoms. The zero-order valence-electron chi connectivity index (χ0n) is 17.6. The van der Waals surface area contributed by atoms with Gasteiger partial charge >= 0.3 is 0 Å². The Hall–Kier alpha value is -2.26. The van der Waals surface area contributed by atoms with E-state index < -0.39 is 10.0 Å². The largest absolute Gasteiger partial charge is 0.338 e. The summed E-state index contributed by atoms with van der Waals surface area (Å²) in [5.74, 6) is 0.0505. The normalized spacial score (nSPS) is 16.9. The average Bonchev–Trinajstić information content (AvgIpc) is 2.74. The van der Waals surface area contributed by atoms with Gasteiger partial charge in [-0.1, -0.05) is 42.5 Å². The molecule has 3 rings (SSSR count). The summed E-state index contributed by atoms with van der Waals surface area (Å²) < 4.78 is 22.8. The number of likely N-dealkylation sites (N-methyl/N-ethyl adjacent to an activating group) is 1. The van der Waals surface area contributed by atoms with Crippen LogP contribution in [0.25, 0.3) is 0 Å². The van der Waals surface area contributed by atoms with E-state index in [1.807, 2.05) is 13.0 Å². The highest BCUT2D eigenvalue weighted by Gasteiger charge is 2.23. The molecule has 1 fully saturated rings. The Balaban J connectivity index is 1.49. The first-order chi connectivity index (χ1) is 14.2. The quantitative estimate of drug-likeness (QED) is 0.722. The molecule has 0 aliphatic carbocycles. The minimum atomic E-state index is -3.72. The molecular weight excluding hydrogens is 400 g/mol. The lowest BCUT2D eigenvalue weighted by molar-refractivity contribution is -0.133. The molecule has 0 bridgehead atoms. The van der Waals surface area contributed by atoms with Gasteiger partial charge in [0.05, 0.1) is 17.5 Å². The van der Waals surface area contributed by atoms with Gasteiger partial charge < -0.3 is 4.90 Å². The summed E-state index contributed by atoms with van der Waals surface area (Å²) in [5.41, 5.74) is 2.18. The van der Waals surface area contributed by atoms with Crippen molar-refractivity contribution >= 4 is 15.9 Å². The molecule has 1 aliphatic rings. The van der Waals surface area contributed by atoms with Crippen LogP contribution in [-0.2, 0) is 21.4 Å². The lowest BCUT2D eigenvalue weighted by atomic mass is 10.1. The van der Waals surface area contributed by atoms with Crippen LogP contribution in [0.4, 0.5) is 0 Å². The van der Waals surface area contributed by atoms with Crippen LogP contribution in [0, 0.1) is 0 Å². The number of nitrogens with zero attached hydrogens (tertiary/aromatic N) is 3. The van der Waals surface area contributed by atoms with E-state index in [0.717, 1.165) is 38.3 Å². The summed E-state index contributed by atoms with van der Waals surface area (Å²) >= 11 is 0.